The van der Waals surface area contributed by atoms with Crippen LogP contribution < -0.4 is 0 Å². The van der Waals surface area contributed by atoms with Gasteiger partial charge < -0.3 is 10.2 Å². The lowest BCUT2D eigenvalue weighted by atomic mass is 10.1. The summed E-state index contributed by atoms with van der Waals surface area (Å²) in [5.74, 6) is -0.714. The van der Waals surface area contributed by atoms with Gasteiger partial charge >= 0.3 is 5.97 Å². The van der Waals surface area contributed by atoms with E-state index in [1.165, 1.54) is 12.1 Å². The van der Waals surface area contributed by atoms with E-state index in [-0.39, 0.29) is 12.2 Å². The first-order chi connectivity index (χ1) is 6.09. The third-order valence-electron chi connectivity index (χ3n) is 1.67. The number of phenolic OH excluding ortho intramolecular Hbond substituents is 1. The van der Waals surface area contributed by atoms with Crippen LogP contribution in [0.4, 0.5) is 0 Å². The second kappa shape index (κ2) is 4.18. The van der Waals surface area contributed by atoms with Gasteiger partial charge in [-0.05, 0) is 30.2 Å². The zero-order chi connectivity index (χ0) is 9.84. The molecule has 0 aliphatic carbocycles. The Bertz CT molecular complexity index is 323. The number of aryl methyl sites for hydroxylation is 1. The van der Waals surface area contributed by atoms with E-state index in [2.05, 4.69) is 12.6 Å². The summed E-state index contributed by atoms with van der Waals surface area (Å²) in [4.78, 5) is 11.0. The molecule has 3 nitrogen and oxygen atoms in total. The molecule has 0 saturated heterocycles. The summed E-state index contributed by atoms with van der Waals surface area (Å²) in [6, 6.07) is 4.70. The zero-order valence-electron chi connectivity index (χ0n) is 6.90. The van der Waals surface area contributed by atoms with Crippen LogP contribution in [0, 0.1) is 0 Å². The monoisotopic (exact) mass is 198 g/mol. The molecule has 1 aromatic carbocycles. The molecular formula is C9H10O3S. The van der Waals surface area contributed by atoms with E-state index in [9.17, 15) is 4.79 Å². The molecule has 4 heteroatoms. The van der Waals surface area contributed by atoms with E-state index in [1.807, 2.05) is 0 Å². The maximum Gasteiger partial charge on any atom is 0.303 e. The van der Waals surface area contributed by atoms with Crippen molar-refractivity contribution < 1.29 is 15.0 Å². The van der Waals surface area contributed by atoms with Crippen LogP contribution >= 0.6 is 12.6 Å². The van der Waals surface area contributed by atoms with Crippen LogP contribution in [0.15, 0.2) is 23.1 Å². The second-order valence-corrected chi connectivity index (χ2v) is 3.19. The number of aliphatic carboxylic acids is 1. The summed E-state index contributed by atoms with van der Waals surface area (Å²) in [7, 11) is 0. The molecule has 1 rings (SSSR count). The molecule has 1 aromatic rings. The van der Waals surface area contributed by atoms with E-state index in [1.54, 1.807) is 6.07 Å². The Kier molecular flexibility index (Phi) is 3.19. The number of carboxylic acid groups (broad SMARTS) is 1. The molecule has 0 aromatic heterocycles. The van der Waals surface area contributed by atoms with Gasteiger partial charge in [-0.15, -0.1) is 12.6 Å². The number of hydrogen-bond acceptors (Lipinski definition) is 3. The molecule has 0 heterocycles. The van der Waals surface area contributed by atoms with Gasteiger partial charge in [0.05, 0.1) is 0 Å². The number of thiol groups is 1. The number of phenols is 1. The van der Waals surface area contributed by atoms with E-state index < -0.39 is 5.97 Å². The van der Waals surface area contributed by atoms with Gasteiger partial charge in [-0.3, -0.25) is 4.79 Å². The molecule has 0 bridgehead atoms. The number of carbonyl (C=O) groups is 1. The molecule has 0 amide bonds. The second-order valence-electron chi connectivity index (χ2n) is 2.71. The highest BCUT2D eigenvalue weighted by Crippen LogP contribution is 2.20. The standard InChI is InChI=1S/C9H10O3S/c10-7-2-3-8(13)6(5-7)1-4-9(11)12/h2-3,5,10,13H,1,4H2,(H,11,12). The average molecular weight is 198 g/mol. The van der Waals surface area contributed by atoms with Crippen LogP contribution in [-0.2, 0) is 11.2 Å². The van der Waals surface area contributed by atoms with E-state index in [0.29, 0.717) is 11.3 Å². The lowest BCUT2D eigenvalue weighted by Gasteiger charge is -2.03. The van der Waals surface area contributed by atoms with Crippen molar-refractivity contribution in [3.63, 3.8) is 0 Å². The fourth-order valence-electron chi connectivity index (χ4n) is 1.01. The summed E-state index contributed by atoms with van der Waals surface area (Å²) in [5.41, 5.74) is 0.755. The first-order valence-electron chi connectivity index (χ1n) is 3.82. The highest BCUT2D eigenvalue weighted by atomic mass is 32.1. The topological polar surface area (TPSA) is 57.5 Å². The van der Waals surface area contributed by atoms with E-state index in [0.717, 1.165) is 5.56 Å². The van der Waals surface area contributed by atoms with Gasteiger partial charge in [0.2, 0.25) is 0 Å². The van der Waals surface area contributed by atoms with Gasteiger partial charge in [0.1, 0.15) is 5.75 Å². The first kappa shape index (κ1) is 9.92. The normalized spacial score (nSPS) is 9.92. The van der Waals surface area contributed by atoms with E-state index in [4.69, 9.17) is 10.2 Å². The number of carboxylic acids is 1. The number of benzene rings is 1. The van der Waals surface area contributed by atoms with Gasteiger partial charge in [-0.2, -0.15) is 0 Å². The van der Waals surface area contributed by atoms with Crippen LogP contribution in [0.2, 0.25) is 0 Å². The van der Waals surface area contributed by atoms with Crippen molar-refractivity contribution in [3.05, 3.63) is 23.8 Å². The van der Waals surface area contributed by atoms with Gasteiger partial charge in [0, 0.05) is 11.3 Å². The first-order valence-corrected chi connectivity index (χ1v) is 4.27. The summed E-state index contributed by atoms with van der Waals surface area (Å²) < 4.78 is 0. The third-order valence-corrected chi connectivity index (χ3v) is 2.11. The summed E-state index contributed by atoms with van der Waals surface area (Å²) >= 11 is 4.14. The van der Waals surface area contributed by atoms with Crippen LogP contribution in [0.1, 0.15) is 12.0 Å². The van der Waals surface area contributed by atoms with Gasteiger partial charge in [-0.1, -0.05) is 0 Å². The molecule has 0 radical (unpaired) electrons. The Morgan fingerprint density at radius 2 is 2.15 bits per heavy atom. The molecule has 0 fully saturated rings. The number of aromatic hydroxyl groups is 1. The minimum atomic E-state index is -0.851. The summed E-state index contributed by atoms with van der Waals surface area (Å²) in [5, 5.41) is 17.6. The lowest BCUT2D eigenvalue weighted by molar-refractivity contribution is -0.136. The van der Waals surface area contributed by atoms with Crippen LogP contribution in [0.25, 0.3) is 0 Å². The predicted octanol–water partition coefficient (Wildman–Crippen LogP) is 1.70. The zero-order valence-corrected chi connectivity index (χ0v) is 7.79. The quantitative estimate of drug-likeness (QED) is 0.648. The molecule has 0 aliphatic rings. The molecule has 0 atom stereocenters. The van der Waals surface area contributed by atoms with E-state index >= 15 is 0 Å². The van der Waals surface area contributed by atoms with Crippen LogP contribution in [0.3, 0.4) is 0 Å². The molecule has 0 aliphatic heterocycles. The Morgan fingerprint density at radius 3 is 2.77 bits per heavy atom. The number of hydrogen-bond donors (Lipinski definition) is 3. The lowest BCUT2D eigenvalue weighted by Crippen LogP contribution is -1.97. The maximum absolute atomic E-state index is 10.3. The largest absolute Gasteiger partial charge is 0.508 e. The van der Waals surface area contributed by atoms with Crippen molar-refractivity contribution in [2.45, 2.75) is 17.7 Å². The van der Waals surface area contributed by atoms with Gasteiger partial charge in [-0.25, -0.2) is 0 Å². The van der Waals surface area contributed by atoms with Crippen molar-refractivity contribution in [1.82, 2.24) is 0 Å². The highest BCUT2D eigenvalue weighted by molar-refractivity contribution is 7.80. The molecule has 2 N–H and O–H groups in total. The van der Waals surface area contributed by atoms with Crippen molar-refractivity contribution >= 4 is 18.6 Å². The molecule has 13 heavy (non-hydrogen) atoms. The fourth-order valence-corrected chi connectivity index (χ4v) is 1.26. The molecule has 0 unspecified atom stereocenters. The van der Waals surface area contributed by atoms with Gasteiger partial charge in [0.25, 0.3) is 0 Å². The van der Waals surface area contributed by atoms with Crippen molar-refractivity contribution in [1.29, 1.82) is 0 Å². The van der Waals surface area contributed by atoms with Crippen molar-refractivity contribution in [2.75, 3.05) is 0 Å². The third kappa shape index (κ3) is 2.99. The molecule has 70 valence electrons. The minimum absolute atomic E-state index is 0.0526. The highest BCUT2D eigenvalue weighted by Gasteiger charge is 2.03. The average Bonchev–Trinajstić information content (AvgIpc) is 2.06. The Labute approximate surface area is 81.4 Å². The Hall–Kier alpha value is -1.16. The minimum Gasteiger partial charge on any atom is -0.508 e. The Balaban J connectivity index is 2.75. The van der Waals surface area contributed by atoms with Crippen LogP contribution in [0.5, 0.6) is 5.75 Å². The van der Waals surface area contributed by atoms with Crippen molar-refractivity contribution in [3.8, 4) is 5.75 Å². The van der Waals surface area contributed by atoms with Gasteiger partial charge in [0.15, 0.2) is 0 Å². The van der Waals surface area contributed by atoms with Crippen LogP contribution in [-0.4, -0.2) is 16.2 Å². The summed E-state index contributed by atoms with van der Waals surface area (Å²) in [6.07, 6.45) is 0.444. The molecular weight excluding hydrogens is 188 g/mol. The Morgan fingerprint density at radius 1 is 1.46 bits per heavy atom. The fraction of sp³-hybridized carbons (Fsp3) is 0.222. The molecule has 0 spiro atoms. The molecule has 0 saturated carbocycles. The number of rotatable bonds is 3. The summed E-state index contributed by atoms with van der Waals surface area (Å²) in [6.45, 7) is 0. The smallest absolute Gasteiger partial charge is 0.303 e. The van der Waals surface area contributed by atoms with Crippen molar-refractivity contribution in [2.24, 2.45) is 0 Å². The maximum atomic E-state index is 10.3. The SMILES string of the molecule is O=C(O)CCc1cc(O)ccc1S. The predicted molar refractivity (Wildman–Crippen MR) is 51.3 cm³/mol.